The highest BCUT2D eigenvalue weighted by molar-refractivity contribution is 5.95. The van der Waals surface area contributed by atoms with Gasteiger partial charge in [-0.15, -0.1) is 0 Å². The second kappa shape index (κ2) is 12.5. The van der Waals surface area contributed by atoms with Crippen molar-refractivity contribution in [3.05, 3.63) is 106 Å². The summed E-state index contributed by atoms with van der Waals surface area (Å²) in [6.07, 6.45) is -6.31. The van der Waals surface area contributed by atoms with Gasteiger partial charge in [0.25, 0.3) is 11.8 Å². The lowest BCUT2D eigenvalue weighted by molar-refractivity contribution is -0.143. The smallest absolute Gasteiger partial charge is 0.355 e. The highest BCUT2D eigenvalue weighted by Gasteiger charge is 2.45. The van der Waals surface area contributed by atoms with E-state index in [1.807, 2.05) is 0 Å². The van der Waals surface area contributed by atoms with Crippen LogP contribution >= 0.6 is 0 Å². The number of aromatic nitrogens is 3. The number of carbonyl (C=O) groups excluding carboxylic acids is 2. The first-order valence-electron chi connectivity index (χ1n) is 13.9. The minimum atomic E-state index is -5.05. The van der Waals surface area contributed by atoms with Crippen molar-refractivity contribution in [1.82, 2.24) is 25.4 Å². The average Bonchev–Trinajstić information content (AvgIpc) is 3.32. The molecule has 1 aliphatic carbocycles. The Labute approximate surface area is 256 Å². The van der Waals surface area contributed by atoms with Gasteiger partial charge in [-0.2, -0.15) is 18.3 Å². The third-order valence-corrected chi connectivity index (χ3v) is 7.51. The van der Waals surface area contributed by atoms with Crippen LogP contribution in [0, 0.1) is 17.5 Å². The number of alkyl halides is 5. The van der Waals surface area contributed by atoms with Gasteiger partial charge in [0.05, 0.1) is 17.3 Å². The number of fused-ring (bicyclic) bond motifs is 1. The van der Waals surface area contributed by atoms with Crippen LogP contribution in [0.2, 0.25) is 0 Å². The number of carbonyl (C=O) groups is 2. The van der Waals surface area contributed by atoms with Gasteiger partial charge >= 0.3 is 6.18 Å². The molecule has 1 aliphatic rings. The number of rotatable bonds is 8. The molecule has 1 atom stereocenters. The summed E-state index contributed by atoms with van der Waals surface area (Å²) >= 11 is 0. The van der Waals surface area contributed by atoms with E-state index in [1.54, 1.807) is 6.07 Å². The van der Waals surface area contributed by atoms with Crippen LogP contribution in [0.5, 0.6) is 0 Å². The molecule has 0 radical (unpaired) electrons. The Hall–Kier alpha value is -4.82. The Morgan fingerprint density at radius 1 is 1.04 bits per heavy atom. The van der Waals surface area contributed by atoms with E-state index < -0.39 is 84.5 Å². The molecule has 0 fully saturated rings. The summed E-state index contributed by atoms with van der Waals surface area (Å²) in [6.45, 7) is -0.794. The molecular weight excluding hydrogens is 626 g/mol. The molecule has 2 amide bonds. The van der Waals surface area contributed by atoms with Crippen LogP contribution in [0.4, 0.5) is 35.1 Å². The topological polar surface area (TPSA) is 88.9 Å². The van der Waals surface area contributed by atoms with Crippen molar-refractivity contribution in [2.75, 3.05) is 7.05 Å². The summed E-state index contributed by atoms with van der Waals surface area (Å²) in [5, 5.41) is 8.42. The maximum absolute atomic E-state index is 14.4. The third-order valence-electron chi connectivity index (χ3n) is 7.51. The summed E-state index contributed by atoms with van der Waals surface area (Å²) in [7, 11) is 1.31. The molecule has 0 aliphatic heterocycles. The Kier molecular flexibility index (Phi) is 8.87. The molecule has 2 heterocycles. The van der Waals surface area contributed by atoms with Crippen LogP contribution in [0.3, 0.4) is 0 Å². The van der Waals surface area contributed by atoms with E-state index in [4.69, 9.17) is 0 Å². The van der Waals surface area contributed by atoms with E-state index in [9.17, 15) is 44.7 Å². The number of nitrogens with zero attached hydrogens (tertiary/aromatic N) is 3. The predicted octanol–water partition coefficient (Wildman–Crippen LogP) is 5.97. The first-order chi connectivity index (χ1) is 21.6. The highest BCUT2D eigenvalue weighted by atomic mass is 19.4. The van der Waals surface area contributed by atoms with Crippen molar-refractivity contribution >= 4 is 11.8 Å². The van der Waals surface area contributed by atoms with Crippen molar-refractivity contribution in [2.24, 2.45) is 0 Å². The number of halogens is 8. The fourth-order valence-electron chi connectivity index (χ4n) is 5.50. The van der Waals surface area contributed by atoms with Crippen LogP contribution in [0.15, 0.2) is 54.7 Å². The Bertz CT molecular complexity index is 1780. The molecule has 2 aromatic heterocycles. The van der Waals surface area contributed by atoms with Crippen molar-refractivity contribution in [3.8, 4) is 11.1 Å². The van der Waals surface area contributed by atoms with Crippen molar-refractivity contribution in [2.45, 2.75) is 50.4 Å². The SMILES string of the molecule is CNC(=O)c1cc(-c2cccnc2[C@H](Cc2cc(F)cc(F)c2)NC(=O)Cn2nc(C(F)(F)F)c3c2CCC(F)(F)C3)ccc1F. The zero-order chi connectivity index (χ0) is 33.4. The average molecular weight is 652 g/mol. The second-order valence-electron chi connectivity index (χ2n) is 10.8. The van der Waals surface area contributed by atoms with Crippen LogP contribution in [0.1, 0.15) is 51.0 Å². The second-order valence-corrected chi connectivity index (χ2v) is 10.8. The molecule has 0 bridgehead atoms. The Morgan fingerprint density at radius 3 is 2.43 bits per heavy atom. The van der Waals surface area contributed by atoms with E-state index >= 15 is 0 Å². The molecule has 0 unspecified atom stereocenters. The minimum absolute atomic E-state index is 0.0858. The van der Waals surface area contributed by atoms with Crippen LogP contribution in [-0.2, 0) is 36.8 Å². The molecule has 2 N–H and O–H groups in total. The molecular formula is C31H25F8N5O2. The van der Waals surface area contributed by atoms with Crippen molar-refractivity contribution in [1.29, 1.82) is 0 Å². The van der Waals surface area contributed by atoms with E-state index in [1.165, 1.54) is 31.4 Å². The van der Waals surface area contributed by atoms with Gasteiger partial charge in [0.15, 0.2) is 5.69 Å². The molecule has 7 nitrogen and oxygen atoms in total. The largest absolute Gasteiger partial charge is 0.435 e. The minimum Gasteiger partial charge on any atom is -0.355 e. The van der Waals surface area contributed by atoms with E-state index in [0.29, 0.717) is 17.2 Å². The first kappa shape index (κ1) is 32.6. The lowest BCUT2D eigenvalue weighted by Gasteiger charge is -2.24. The molecule has 0 saturated heterocycles. The zero-order valence-electron chi connectivity index (χ0n) is 24.0. The van der Waals surface area contributed by atoms with Crippen LogP contribution in [0.25, 0.3) is 11.1 Å². The summed E-state index contributed by atoms with van der Waals surface area (Å²) in [4.78, 5) is 30.0. The molecule has 242 valence electrons. The number of benzene rings is 2. The number of pyridine rings is 1. The predicted molar refractivity (Wildman–Crippen MR) is 148 cm³/mol. The Morgan fingerprint density at radius 2 is 1.76 bits per heavy atom. The monoisotopic (exact) mass is 651 g/mol. The number of hydrogen-bond acceptors (Lipinski definition) is 4. The fourth-order valence-corrected chi connectivity index (χ4v) is 5.50. The molecule has 2 aromatic carbocycles. The van der Waals surface area contributed by atoms with E-state index in [-0.39, 0.29) is 28.9 Å². The quantitative estimate of drug-likeness (QED) is 0.230. The lowest BCUT2D eigenvalue weighted by Crippen LogP contribution is -2.35. The van der Waals surface area contributed by atoms with E-state index in [0.717, 1.165) is 22.9 Å². The molecule has 0 saturated carbocycles. The van der Waals surface area contributed by atoms with Gasteiger partial charge in [0.1, 0.15) is 24.0 Å². The highest BCUT2D eigenvalue weighted by Crippen LogP contribution is 2.40. The molecule has 4 aromatic rings. The van der Waals surface area contributed by atoms with Gasteiger partial charge in [-0.3, -0.25) is 19.3 Å². The van der Waals surface area contributed by atoms with Crippen LogP contribution < -0.4 is 10.6 Å². The van der Waals surface area contributed by atoms with Gasteiger partial charge < -0.3 is 10.6 Å². The Balaban J connectivity index is 1.53. The van der Waals surface area contributed by atoms with Crippen molar-refractivity contribution < 1.29 is 44.7 Å². The van der Waals surface area contributed by atoms with Gasteiger partial charge in [0, 0.05) is 49.0 Å². The zero-order valence-corrected chi connectivity index (χ0v) is 24.0. The summed E-state index contributed by atoms with van der Waals surface area (Å²) in [5.74, 6) is -7.62. The number of amides is 2. The van der Waals surface area contributed by atoms with Gasteiger partial charge in [-0.05, 0) is 54.3 Å². The lowest BCUT2D eigenvalue weighted by atomic mass is 9.92. The third kappa shape index (κ3) is 7.02. The van der Waals surface area contributed by atoms with Gasteiger partial charge in [-0.25, -0.2) is 22.0 Å². The normalized spacial score (nSPS) is 14.8. The number of nitrogens with one attached hydrogen (secondary N) is 2. The maximum Gasteiger partial charge on any atom is 0.435 e. The maximum atomic E-state index is 14.4. The summed E-state index contributed by atoms with van der Waals surface area (Å²) in [5.41, 5.74) is -1.83. The molecule has 0 spiro atoms. The van der Waals surface area contributed by atoms with Crippen molar-refractivity contribution in [3.63, 3.8) is 0 Å². The number of hydrogen-bond donors (Lipinski definition) is 2. The van der Waals surface area contributed by atoms with Crippen LogP contribution in [-0.4, -0.2) is 39.5 Å². The summed E-state index contributed by atoms with van der Waals surface area (Å²) < 4.78 is 113. The summed E-state index contributed by atoms with van der Waals surface area (Å²) in [6, 6.07) is 8.24. The molecule has 46 heavy (non-hydrogen) atoms. The van der Waals surface area contributed by atoms with Gasteiger partial charge in [-0.1, -0.05) is 12.1 Å². The van der Waals surface area contributed by atoms with E-state index in [2.05, 4.69) is 20.7 Å². The molecule has 5 rings (SSSR count). The first-order valence-corrected chi connectivity index (χ1v) is 13.9. The molecule has 15 heteroatoms. The standard InChI is InChI=1S/C31H25F8N5O2/c1-40-29(46)21-12-17(4-5-23(21)34)20-3-2-8-41-27(20)24(11-16-9-18(32)13-19(33)10-16)42-26(45)15-44-25-6-7-30(35,36)14-22(25)28(43-44)31(37,38)39/h2-5,8-10,12-13,24H,6-7,11,14-15H2,1H3,(H,40,46)(H,42,45)/t24-/m0/s1. The fraction of sp³-hybridized carbons (Fsp3) is 0.290. The van der Waals surface area contributed by atoms with Gasteiger partial charge in [0.2, 0.25) is 5.91 Å².